The summed E-state index contributed by atoms with van der Waals surface area (Å²) in [6.07, 6.45) is 1.61. The zero-order chi connectivity index (χ0) is 7.56. The van der Waals surface area contributed by atoms with Gasteiger partial charge in [0.05, 0.1) is 0 Å². The normalized spacial score (nSPS) is 23.6. The van der Waals surface area contributed by atoms with Gasteiger partial charge in [0.2, 0.25) is 0 Å². The second-order valence-electron chi connectivity index (χ2n) is 2.86. The molecule has 1 aliphatic rings. The van der Waals surface area contributed by atoms with E-state index in [1.165, 1.54) is 5.57 Å². The van der Waals surface area contributed by atoms with Crippen LogP contribution in [0, 0.1) is 0 Å². The molecule has 1 N–H and O–H groups in total. The molecule has 1 unspecified atom stereocenters. The Morgan fingerprint density at radius 2 is 2.50 bits per heavy atom. The van der Waals surface area contributed by atoms with Crippen LogP contribution in [0.2, 0.25) is 0 Å². The molecule has 1 aliphatic heterocycles. The van der Waals surface area contributed by atoms with Crippen molar-refractivity contribution in [2.45, 2.75) is 26.0 Å². The molecule has 0 spiro atoms. The third-order valence-electron chi connectivity index (χ3n) is 1.97. The van der Waals surface area contributed by atoms with E-state index in [2.05, 4.69) is 11.5 Å². The van der Waals surface area contributed by atoms with Crippen molar-refractivity contribution >= 4 is 0 Å². The first-order chi connectivity index (χ1) is 4.74. The number of likely N-dealkylation sites (tertiary alicyclic amines) is 1. The van der Waals surface area contributed by atoms with Gasteiger partial charge in [-0.15, -0.1) is 0 Å². The van der Waals surface area contributed by atoms with E-state index >= 15 is 0 Å². The SMILES string of the molecule is C=C1CCN(C(O)CC)C1. The van der Waals surface area contributed by atoms with Gasteiger partial charge in [0, 0.05) is 13.1 Å². The maximum atomic E-state index is 9.36. The molecule has 1 rings (SSSR count). The number of rotatable bonds is 2. The van der Waals surface area contributed by atoms with Gasteiger partial charge in [-0.2, -0.15) is 0 Å². The summed E-state index contributed by atoms with van der Waals surface area (Å²) in [6.45, 7) is 7.72. The van der Waals surface area contributed by atoms with Crippen LogP contribution in [0.4, 0.5) is 0 Å². The molecule has 0 aromatic rings. The lowest BCUT2D eigenvalue weighted by atomic mass is 10.3. The van der Waals surface area contributed by atoms with Crippen LogP contribution in [0.3, 0.4) is 0 Å². The van der Waals surface area contributed by atoms with E-state index in [1.807, 2.05) is 6.92 Å². The van der Waals surface area contributed by atoms with Crippen molar-refractivity contribution < 1.29 is 5.11 Å². The highest BCUT2D eigenvalue weighted by Gasteiger charge is 2.19. The van der Waals surface area contributed by atoms with E-state index in [1.54, 1.807) is 0 Å². The van der Waals surface area contributed by atoms with Crippen molar-refractivity contribution in [2.24, 2.45) is 0 Å². The highest BCUT2D eigenvalue weighted by atomic mass is 16.3. The third-order valence-corrected chi connectivity index (χ3v) is 1.97. The fraction of sp³-hybridized carbons (Fsp3) is 0.750. The molecule has 1 atom stereocenters. The average molecular weight is 141 g/mol. The highest BCUT2D eigenvalue weighted by molar-refractivity contribution is 5.03. The fourth-order valence-electron chi connectivity index (χ4n) is 1.26. The number of hydrogen-bond acceptors (Lipinski definition) is 2. The van der Waals surface area contributed by atoms with E-state index in [0.717, 1.165) is 25.9 Å². The molecule has 1 heterocycles. The second kappa shape index (κ2) is 3.17. The Kier molecular flexibility index (Phi) is 2.46. The molecule has 1 fully saturated rings. The first kappa shape index (κ1) is 7.76. The minimum Gasteiger partial charge on any atom is -0.378 e. The molecular formula is C8H15NO. The zero-order valence-corrected chi connectivity index (χ0v) is 6.51. The minimum absolute atomic E-state index is 0.251. The Balaban J connectivity index is 2.36. The number of aliphatic hydroxyl groups is 1. The van der Waals surface area contributed by atoms with Gasteiger partial charge in [-0.3, -0.25) is 4.90 Å². The van der Waals surface area contributed by atoms with Crippen LogP contribution in [-0.4, -0.2) is 29.3 Å². The summed E-state index contributed by atoms with van der Waals surface area (Å²) in [6, 6.07) is 0. The van der Waals surface area contributed by atoms with Crippen LogP contribution in [0.25, 0.3) is 0 Å². The Labute approximate surface area is 62.2 Å². The van der Waals surface area contributed by atoms with Crippen LogP contribution in [-0.2, 0) is 0 Å². The molecule has 0 aromatic heterocycles. The molecule has 0 amide bonds. The predicted octanol–water partition coefficient (Wildman–Crippen LogP) is 0.977. The third kappa shape index (κ3) is 1.58. The summed E-state index contributed by atoms with van der Waals surface area (Å²) < 4.78 is 0. The van der Waals surface area contributed by atoms with Crippen LogP contribution < -0.4 is 0 Å². The summed E-state index contributed by atoms with van der Waals surface area (Å²) in [5.41, 5.74) is 1.24. The van der Waals surface area contributed by atoms with Crippen LogP contribution >= 0.6 is 0 Å². The second-order valence-corrected chi connectivity index (χ2v) is 2.86. The van der Waals surface area contributed by atoms with E-state index < -0.39 is 0 Å². The molecule has 0 bridgehead atoms. The number of hydrogen-bond donors (Lipinski definition) is 1. The Bertz CT molecular complexity index is 133. The Hall–Kier alpha value is -0.340. The molecule has 58 valence electrons. The smallest absolute Gasteiger partial charge is 0.107 e. The van der Waals surface area contributed by atoms with Crippen molar-refractivity contribution in [3.05, 3.63) is 12.2 Å². The standard InChI is InChI=1S/C8H15NO/c1-3-8(10)9-5-4-7(2)6-9/h8,10H,2-6H2,1H3. The van der Waals surface area contributed by atoms with Crippen LogP contribution in [0.5, 0.6) is 0 Å². The summed E-state index contributed by atoms with van der Waals surface area (Å²) in [5, 5.41) is 9.36. The van der Waals surface area contributed by atoms with Crippen molar-refractivity contribution in [1.29, 1.82) is 0 Å². The molecule has 0 aromatic carbocycles. The van der Waals surface area contributed by atoms with Crippen LogP contribution in [0.1, 0.15) is 19.8 Å². The lowest BCUT2D eigenvalue weighted by molar-refractivity contribution is 0.0198. The van der Waals surface area contributed by atoms with E-state index in [-0.39, 0.29) is 6.23 Å². The Morgan fingerprint density at radius 3 is 2.90 bits per heavy atom. The zero-order valence-electron chi connectivity index (χ0n) is 6.51. The van der Waals surface area contributed by atoms with Crippen molar-refractivity contribution in [2.75, 3.05) is 13.1 Å². The van der Waals surface area contributed by atoms with Gasteiger partial charge in [-0.25, -0.2) is 0 Å². The van der Waals surface area contributed by atoms with E-state index in [9.17, 15) is 5.11 Å². The average Bonchev–Trinajstić information content (AvgIpc) is 2.34. The van der Waals surface area contributed by atoms with Gasteiger partial charge in [0.1, 0.15) is 6.23 Å². The molecular weight excluding hydrogens is 126 g/mol. The summed E-state index contributed by atoms with van der Waals surface area (Å²) in [5.74, 6) is 0. The van der Waals surface area contributed by atoms with Gasteiger partial charge in [0.15, 0.2) is 0 Å². The largest absolute Gasteiger partial charge is 0.378 e. The number of aliphatic hydroxyl groups excluding tert-OH is 1. The van der Waals surface area contributed by atoms with Crippen molar-refractivity contribution in [3.63, 3.8) is 0 Å². The number of nitrogens with zero attached hydrogens (tertiary/aromatic N) is 1. The van der Waals surface area contributed by atoms with Gasteiger partial charge in [-0.05, 0) is 12.8 Å². The molecule has 10 heavy (non-hydrogen) atoms. The maximum Gasteiger partial charge on any atom is 0.107 e. The van der Waals surface area contributed by atoms with Crippen molar-refractivity contribution in [3.8, 4) is 0 Å². The van der Waals surface area contributed by atoms with Gasteiger partial charge >= 0.3 is 0 Å². The lowest BCUT2D eigenvalue weighted by Crippen LogP contribution is -2.31. The molecule has 2 nitrogen and oxygen atoms in total. The predicted molar refractivity (Wildman–Crippen MR) is 41.6 cm³/mol. The van der Waals surface area contributed by atoms with Gasteiger partial charge < -0.3 is 5.11 Å². The molecule has 2 heteroatoms. The van der Waals surface area contributed by atoms with Gasteiger partial charge in [0.25, 0.3) is 0 Å². The molecule has 0 aliphatic carbocycles. The topological polar surface area (TPSA) is 23.5 Å². The summed E-state index contributed by atoms with van der Waals surface area (Å²) >= 11 is 0. The Morgan fingerprint density at radius 1 is 1.80 bits per heavy atom. The highest BCUT2D eigenvalue weighted by Crippen LogP contribution is 2.15. The molecule has 1 saturated heterocycles. The molecule has 0 radical (unpaired) electrons. The molecule has 0 saturated carbocycles. The van der Waals surface area contributed by atoms with Crippen molar-refractivity contribution in [1.82, 2.24) is 4.90 Å². The first-order valence-electron chi connectivity index (χ1n) is 3.82. The van der Waals surface area contributed by atoms with E-state index in [4.69, 9.17) is 0 Å². The monoisotopic (exact) mass is 141 g/mol. The lowest BCUT2D eigenvalue weighted by Gasteiger charge is -2.19. The summed E-state index contributed by atoms with van der Waals surface area (Å²) in [7, 11) is 0. The van der Waals surface area contributed by atoms with E-state index in [0.29, 0.717) is 0 Å². The van der Waals surface area contributed by atoms with Gasteiger partial charge in [-0.1, -0.05) is 19.1 Å². The quantitative estimate of drug-likeness (QED) is 0.579. The summed E-state index contributed by atoms with van der Waals surface area (Å²) in [4.78, 5) is 2.06. The maximum absolute atomic E-state index is 9.36. The fourth-order valence-corrected chi connectivity index (χ4v) is 1.26. The van der Waals surface area contributed by atoms with Crippen LogP contribution in [0.15, 0.2) is 12.2 Å². The first-order valence-corrected chi connectivity index (χ1v) is 3.82. The minimum atomic E-state index is -0.251.